The summed E-state index contributed by atoms with van der Waals surface area (Å²) in [7, 11) is 0. The van der Waals surface area contributed by atoms with Crippen LogP contribution in [-0.2, 0) is 9.59 Å². The minimum absolute atomic E-state index is 0.0271. The first kappa shape index (κ1) is 20.0. The topological polar surface area (TPSA) is 77.8 Å². The molecule has 1 saturated heterocycles. The summed E-state index contributed by atoms with van der Waals surface area (Å²) in [6.07, 6.45) is 0. The number of nitrogens with zero attached hydrogens (tertiary/aromatic N) is 1. The van der Waals surface area contributed by atoms with Crippen molar-refractivity contribution in [3.05, 3.63) is 99.5 Å². The largest absolute Gasteiger partial charge is 0.508 e. The Bertz CT molecular complexity index is 1190. The molecule has 0 aromatic heterocycles. The second kappa shape index (κ2) is 7.86. The van der Waals surface area contributed by atoms with Gasteiger partial charge in [0.15, 0.2) is 0 Å². The van der Waals surface area contributed by atoms with E-state index in [1.807, 2.05) is 0 Å². The van der Waals surface area contributed by atoms with E-state index >= 15 is 0 Å². The third kappa shape index (κ3) is 3.43. The van der Waals surface area contributed by atoms with Crippen molar-refractivity contribution in [3.63, 3.8) is 0 Å². The number of phenolic OH excluding ortho intramolecular Hbond substituents is 1. The molecular formula is C23H15Cl2NO4. The Labute approximate surface area is 182 Å². The lowest BCUT2D eigenvalue weighted by Crippen LogP contribution is -2.29. The van der Waals surface area contributed by atoms with Crippen LogP contribution < -0.4 is 4.90 Å². The summed E-state index contributed by atoms with van der Waals surface area (Å²) in [6, 6.07) is 18.4. The molecule has 7 heteroatoms. The van der Waals surface area contributed by atoms with Gasteiger partial charge in [-0.05, 0) is 48.0 Å². The lowest BCUT2D eigenvalue weighted by atomic mass is 9.95. The number of carbonyl (C=O) groups is 2. The van der Waals surface area contributed by atoms with E-state index in [-0.39, 0.29) is 27.7 Å². The van der Waals surface area contributed by atoms with Gasteiger partial charge in [0, 0.05) is 11.3 Å². The van der Waals surface area contributed by atoms with Crippen molar-refractivity contribution in [2.24, 2.45) is 0 Å². The number of hydrogen-bond donors (Lipinski definition) is 2. The number of aromatic hydroxyl groups is 1. The molecule has 0 radical (unpaired) electrons. The lowest BCUT2D eigenvalue weighted by Gasteiger charge is -2.25. The average Bonchev–Trinajstić information content (AvgIpc) is 3.01. The number of rotatable bonds is 3. The van der Waals surface area contributed by atoms with Gasteiger partial charge < -0.3 is 10.2 Å². The zero-order valence-electron chi connectivity index (χ0n) is 15.4. The van der Waals surface area contributed by atoms with Crippen LogP contribution in [0.15, 0.2) is 78.4 Å². The minimum atomic E-state index is -0.936. The summed E-state index contributed by atoms with van der Waals surface area (Å²) in [5.41, 5.74) is 1.11. The predicted molar refractivity (Wildman–Crippen MR) is 116 cm³/mol. The second-order valence-corrected chi connectivity index (χ2v) is 7.54. The zero-order chi connectivity index (χ0) is 21.4. The van der Waals surface area contributed by atoms with E-state index in [1.165, 1.54) is 35.2 Å². The molecule has 1 fully saturated rings. The quantitative estimate of drug-likeness (QED) is 0.328. The molecule has 5 nitrogen and oxygen atoms in total. The Morgan fingerprint density at radius 1 is 0.867 bits per heavy atom. The molecule has 1 heterocycles. The van der Waals surface area contributed by atoms with Gasteiger partial charge in [-0.25, -0.2) is 0 Å². The van der Waals surface area contributed by atoms with Crippen molar-refractivity contribution in [2.45, 2.75) is 6.04 Å². The standard InChI is InChI=1S/C23H15Cl2NO4/c24-17-10-9-14(12-18(17)25)21(28)19-20(13-5-4-8-16(27)11-13)26(23(30)22(19)29)15-6-2-1-3-7-15/h1-12,20,27-28H/b21-19-. The highest BCUT2D eigenvalue weighted by Gasteiger charge is 2.47. The zero-order valence-corrected chi connectivity index (χ0v) is 16.9. The fourth-order valence-electron chi connectivity index (χ4n) is 3.50. The summed E-state index contributed by atoms with van der Waals surface area (Å²) < 4.78 is 0. The maximum absolute atomic E-state index is 13.0. The van der Waals surface area contributed by atoms with Crippen LogP contribution in [0.4, 0.5) is 5.69 Å². The molecule has 0 saturated carbocycles. The smallest absolute Gasteiger partial charge is 0.300 e. The molecule has 0 aliphatic carbocycles. The van der Waals surface area contributed by atoms with Crippen LogP contribution >= 0.6 is 23.2 Å². The third-order valence-electron chi connectivity index (χ3n) is 4.86. The van der Waals surface area contributed by atoms with E-state index in [1.54, 1.807) is 42.5 Å². The maximum atomic E-state index is 13.0. The van der Waals surface area contributed by atoms with Crippen molar-refractivity contribution in [1.29, 1.82) is 0 Å². The third-order valence-corrected chi connectivity index (χ3v) is 5.60. The molecule has 2 N–H and O–H groups in total. The number of halogens is 2. The van der Waals surface area contributed by atoms with E-state index < -0.39 is 17.7 Å². The first-order chi connectivity index (χ1) is 14.4. The van der Waals surface area contributed by atoms with Crippen LogP contribution in [0.2, 0.25) is 10.0 Å². The Morgan fingerprint density at radius 3 is 2.27 bits per heavy atom. The summed E-state index contributed by atoms with van der Waals surface area (Å²) in [5, 5.41) is 21.5. The number of aliphatic hydroxyl groups is 1. The van der Waals surface area contributed by atoms with Gasteiger partial charge in [-0.1, -0.05) is 53.5 Å². The van der Waals surface area contributed by atoms with Gasteiger partial charge in [-0.15, -0.1) is 0 Å². The van der Waals surface area contributed by atoms with Crippen LogP contribution in [-0.4, -0.2) is 21.9 Å². The van der Waals surface area contributed by atoms with Crippen molar-refractivity contribution in [2.75, 3.05) is 4.90 Å². The molecular weight excluding hydrogens is 425 g/mol. The van der Waals surface area contributed by atoms with Gasteiger partial charge in [-0.2, -0.15) is 0 Å². The van der Waals surface area contributed by atoms with Gasteiger partial charge >= 0.3 is 0 Å². The summed E-state index contributed by atoms with van der Waals surface area (Å²) in [4.78, 5) is 27.3. The van der Waals surface area contributed by atoms with E-state index in [9.17, 15) is 19.8 Å². The fourth-order valence-corrected chi connectivity index (χ4v) is 3.79. The van der Waals surface area contributed by atoms with Gasteiger partial charge in [0.1, 0.15) is 11.5 Å². The predicted octanol–water partition coefficient (Wildman–Crippen LogP) is 5.33. The Hall–Kier alpha value is -3.28. The number of aliphatic hydroxyl groups excluding tert-OH is 1. The number of anilines is 1. The minimum Gasteiger partial charge on any atom is -0.508 e. The fraction of sp³-hybridized carbons (Fsp3) is 0.0435. The SMILES string of the molecule is O=C1C(=O)N(c2ccccc2)C(c2cccc(O)c2)/C1=C(/O)c1ccc(Cl)c(Cl)c1. The second-order valence-electron chi connectivity index (χ2n) is 6.73. The van der Waals surface area contributed by atoms with Gasteiger partial charge in [0.25, 0.3) is 11.7 Å². The first-order valence-corrected chi connectivity index (χ1v) is 9.74. The molecule has 0 bridgehead atoms. The lowest BCUT2D eigenvalue weighted by molar-refractivity contribution is -0.132. The highest BCUT2D eigenvalue weighted by atomic mass is 35.5. The maximum Gasteiger partial charge on any atom is 0.300 e. The van der Waals surface area contributed by atoms with Crippen LogP contribution in [0, 0.1) is 0 Å². The Morgan fingerprint density at radius 2 is 1.60 bits per heavy atom. The molecule has 150 valence electrons. The van der Waals surface area contributed by atoms with Crippen LogP contribution in [0.3, 0.4) is 0 Å². The molecule has 1 aliphatic rings. The van der Waals surface area contributed by atoms with E-state index in [0.29, 0.717) is 16.3 Å². The number of hydrogen-bond acceptors (Lipinski definition) is 4. The van der Waals surface area contributed by atoms with Crippen molar-refractivity contribution in [1.82, 2.24) is 0 Å². The molecule has 1 aliphatic heterocycles. The Balaban J connectivity index is 1.96. The van der Waals surface area contributed by atoms with Crippen LogP contribution in [0.1, 0.15) is 17.2 Å². The number of benzene rings is 3. The highest BCUT2D eigenvalue weighted by Crippen LogP contribution is 2.43. The van der Waals surface area contributed by atoms with E-state index in [4.69, 9.17) is 23.2 Å². The van der Waals surface area contributed by atoms with Crippen LogP contribution in [0.5, 0.6) is 5.75 Å². The molecule has 30 heavy (non-hydrogen) atoms. The molecule has 1 atom stereocenters. The average molecular weight is 440 g/mol. The number of para-hydroxylation sites is 1. The molecule has 1 amide bonds. The Kier molecular flexibility index (Phi) is 5.24. The van der Waals surface area contributed by atoms with Gasteiger partial charge in [0.05, 0.1) is 21.7 Å². The summed E-state index contributed by atoms with van der Waals surface area (Å²) >= 11 is 12.0. The van der Waals surface area contributed by atoms with Crippen molar-refractivity contribution >= 4 is 46.3 Å². The van der Waals surface area contributed by atoms with Gasteiger partial charge in [-0.3, -0.25) is 14.5 Å². The molecule has 3 aromatic rings. The molecule has 0 spiro atoms. The van der Waals surface area contributed by atoms with Crippen molar-refractivity contribution < 1.29 is 19.8 Å². The first-order valence-electron chi connectivity index (χ1n) is 8.99. The molecule has 3 aromatic carbocycles. The highest BCUT2D eigenvalue weighted by molar-refractivity contribution is 6.51. The summed E-state index contributed by atoms with van der Waals surface area (Å²) in [5.74, 6) is -2.02. The monoisotopic (exact) mass is 439 g/mol. The number of amides is 1. The summed E-state index contributed by atoms with van der Waals surface area (Å²) in [6.45, 7) is 0. The molecule has 1 unspecified atom stereocenters. The van der Waals surface area contributed by atoms with Crippen LogP contribution in [0.25, 0.3) is 5.76 Å². The molecule has 4 rings (SSSR count). The van der Waals surface area contributed by atoms with Crippen molar-refractivity contribution in [3.8, 4) is 5.75 Å². The normalized spacial score (nSPS) is 18.1. The van der Waals surface area contributed by atoms with E-state index in [0.717, 1.165) is 0 Å². The number of Topliss-reactive ketones (excluding diaryl/α,β-unsaturated/α-hetero) is 1. The van der Waals surface area contributed by atoms with E-state index in [2.05, 4.69) is 0 Å². The number of ketones is 1. The number of carbonyl (C=O) groups excluding carboxylic acids is 2. The number of phenols is 1. The van der Waals surface area contributed by atoms with Gasteiger partial charge in [0.2, 0.25) is 0 Å².